The van der Waals surface area contributed by atoms with E-state index in [0.717, 1.165) is 14.5 Å². The SMILES string of the molecule is CC(c1ccncc1)N(C)C(=O)c1cc(Br)cc(Br)c1. The van der Waals surface area contributed by atoms with E-state index in [1.165, 1.54) is 0 Å². The normalized spacial score (nSPS) is 12.0. The number of carbonyl (C=O) groups is 1. The minimum Gasteiger partial charge on any atom is -0.335 e. The number of hydrogen-bond acceptors (Lipinski definition) is 2. The van der Waals surface area contributed by atoms with E-state index in [9.17, 15) is 4.79 Å². The lowest BCUT2D eigenvalue weighted by atomic mass is 10.1. The van der Waals surface area contributed by atoms with Gasteiger partial charge < -0.3 is 4.90 Å². The molecule has 1 amide bonds. The first-order chi connectivity index (χ1) is 9.49. The van der Waals surface area contributed by atoms with E-state index in [2.05, 4.69) is 36.8 Å². The number of nitrogens with zero attached hydrogens (tertiary/aromatic N) is 2. The molecule has 3 nitrogen and oxygen atoms in total. The molecule has 2 aromatic rings. The highest BCUT2D eigenvalue weighted by molar-refractivity contribution is 9.11. The molecule has 1 heterocycles. The van der Waals surface area contributed by atoms with Gasteiger partial charge in [-0.1, -0.05) is 31.9 Å². The quantitative estimate of drug-likeness (QED) is 0.766. The molecule has 0 bridgehead atoms. The summed E-state index contributed by atoms with van der Waals surface area (Å²) < 4.78 is 1.75. The molecule has 0 N–H and O–H groups in total. The summed E-state index contributed by atoms with van der Waals surface area (Å²) in [6, 6.07) is 9.38. The molecule has 1 aromatic heterocycles. The Morgan fingerprint density at radius 2 is 1.70 bits per heavy atom. The third-order valence-electron chi connectivity index (χ3n) is 3.20. The van der Waals surface area contributed by atoms with Gasteiger partial charge in [0.25, 0.3) is 5.91 Å². The predicted octanol–water partition coefficient (Wildman–Crippen LogP) is 4.44. The molecule has 0 radical (unpaired) electrons. The van der Waals surface area contributed by atoms with Crippen molar-refractivity contribution in [3.8, 4) is 0 Å². The minimum absolute atomic E-state index is 0.0109. The standard InChI is InChI=1S/C15H14Br2N2O/c1-10(11-3-5-18-6-4-11)19(2)15(20)12-7-13(16)9-14(17)8-12/h3-10H,1-2H3. The molecule has 0 aliphatic rings. The summed E-state index contributed by atoms with van der Waals surface area (Å²) in [4.78, 5) is 18.3. The molecule has 5 heteroatoms. The maximum absolute atomic E-state index is 12.5. The van der Waals surface area contributed by atoms with E-state index in [1.54, 1.807) is 17.3 Å². The number of carbonyl (C=O) groups excluding carboxylic acids is 1. The van der Waals surface area contributed by atoms with Gasteiger partial charge >= 0.3 is 0 Å². The van der Waals surface area contributed by atoms with Crippen molar-refractivity contribution in [3.05, 3.63) is 62.8 Å². The van der Waals surface area contributed by atoms with Crippen LogP contribution in [0.25, 0.3) is 0 Å². The summed E-state index contributed by atoms with van der Waals surface area (Å²) in [6.07, 6.45) is 3.47. The summed E-state index contributed by atoms with van der Waals surface area (Å²) >= 11 is 6.81. The van der Waals surface area contributed by atoms with E-state index in [0.29, 0.717) is 5.56 Å². The zero-order valence-corrected chi connectivity index (χ0v) is 14.3. The van der Waals surface area contributed by atoms with Crippen LogP contribution in [0, 0.1) is 0 Å². The van der Waals surface area contributed by atoms with Gasteiger partial charge in [-0.2, -0.15) is 0 Å². The Bertz CT molecular complexity index is 596. The molecular weight excluding hydrogens is 384 g/mol. The van der Waals surface area contributed by atoms with Gasteiger partial charge in [-0.3, -0.25) is 9.78 Å². The van der Waals surface area contributed by atoms with Crippen molar-refractivity contribution in [2.75, 3.05) is 7.05 Å². The summed E-state index contributed by atoms with van der Waals surface area (Å²) in [6.45, 7) is 2.00. The third-order valence-corrected chi connectivity index (χ3v) is 4.11. The Hall–Kier alpha value is -1.20. The van der Waals surface area contributed by atoms with Crippen molar-refractivity contribution in [2.24, 2.45) is 0 Å². The Kier molecular flexibility index (Phi) is 4.94. The molecule has 1 aromatic carbocycles. The monoisotopic (exact) mass is 396 g/mol. The number of rotatable bonds is 3. The molecule has 104 valence electrons. The fourth-order valence-corrected chi connectivity index (χ4v) is 3.22. The first-order valence-electron chi connectivity index (χ1n) is 6.12. The lowest BCUT2D eigenvalue weighted by Gasteiger charge is -2.25. The molecule has 2 rings (SSSR count). The fraction of sp³-hybridized carbons (Fsp3) is 0.200. The fourth-order valence-electron chi connectivity index (χ4n) is 1.92. The van der Waals surface area contributed by atoms with Crippen LogP contribution in [0.2, 0.25) is 0 Å². The average Bonchev–Trinajstić information content (AvgIpc) is 2.45. The topological polar surface area (TPSA) is 33.2 Å². The minimum atomic E-state index is -0.0173. The second-order valence-corrected chi connectivity index (χ2v) is 6.36. The number of benzene rings is 1. The molecule has 1 atom stereocenters. The second kappa shape index (κ2) is 6.50. The summed E-state index contributed by atoms with van der Waals surface area (Å²) in [7, 11) is 1.81. The number of amides is 1. The number of aromatic nitrogens is 1. The Labute approximate surface area is 135 Å². The van der Waals surface area contributed by atoms with Gasteiger partial charge in [-0.15, -0.1) is 0 Å². The molecule has 0 saturated heterocycles. The molecule has 0 aliphatic heterocycles. The maximum Gasteiger partial charge on any atom is 0.254 e. The molecule has 1 unspecified atom stereocenters. The first kappa shape index (κ1) is 15.2. The third kappa shape index (κ3) is 3.46. The largest absolute Gasteiger partial charge is 0.335 e. The van der Waals surface area contributed by atoms with Crippen LogP contribution < -0.4 is 0 Å². The van der Waals surface area contributed by atoms with E-state index < -0.39 is 0 Å². The van der Waals surface area contributed by atoms with Crippen LogP contribution in [0.1, 0.15) is 28.9 Å². The van der Waals surface area contributed by atoms with Crippen molar-refractivity contribution in [1.29, 1.82) is 0 Å². The first-order valence-corrected chi connectivity index (χ1v) is 7.71. The Morgan fingerprint density at radius 3 is 2.25 bits per heavy atom. The lowest BCUT2D eigenvalue weighted by Crippen LogP contribution is -2.29. The molecule has 0 fully saturated rings. The van der Waals surface area contributed by atoms with E-state index in [4.69, 9.17) is 0 Å². The summed E-state index contributed by atoms with van der Waals surface area (Å²) in [5.74, 6) is -0.0173. The van der Waals surface area contributed by atoms with Crippen molar-refractivity contribution in [3.63, 3.8) is 0 Å². The van der Waals surface area contributed by atoms with Crippen molar-refractivity contribution >= 4 is 37.8 Å². The number of halogens is 2. The smallest absolute Gasteiger partial charge is 0.254 e. The summed E-state index contributed by atoms with van der Waals surface area (Å²) in [5, 5.41) is 0. The van der Waals surface area contributed by atoms with Crippen molar-refractivity contribution in [2.45, 2.75) is 13.0 Å². The average molecular weight is 398 g/mol. The van der Waals surface area contributed by atoms with Gasteiger partial charge in [0, 0.05) is 34.0 Å². The Balaban J connectivity index is 2.24. The van der Waals surface area contributed by atoms with Crippen LogP contribution in [0.15, 0.2) is 51.7 Å². The van der Waals surface area contributed by atoms with Gasteiger partial charge in [-0.05, 0) is 42.8 Å². The lowest BCUT2D eigenvalue weighted by molar-refractivity contribution is 0.0742. The molecule has 0 spiro atoms. The van der Waals surface area contributed by atoms with Crippen LogP contribution >= 0.6 is 31.9 Å². The van der Waals surface area contributed by atoms with Crippen LogP contribution in [0.4, 0.5) is 0 Å². The van der Waals surface area contributed by atoms with Crippen molar-refractivity contribution in [1.82, 2.24) is 9.88 Å². The highest BCUT2D eigenvalue weighted by atomic mass is 79.9. The molecule has 0 saturated carbocycles. The number of pyridine rings is 1. The molecular formula is C15H14Br2N2O. The highest BCUT2D eigenvalue weighted by Crippen LogP contribution is 2.24. The highest BCUT2D eigenvalue weighted by Gasteiger charge is 2.19. The van der Waals surface area contributed by atoms with Crippen LogP contribution in [-0.2, 0) is 0 Å². The van der Waals surface area contributed by atoms with Gasteiger partial charge in [-0.25, -0.2) is 0 Å². The molecule has 0 aliphatic carbocycles. The predicted molar refractivity (Wildman–Crippen MR) is 86.6 cm³/mol. The van der Waals surface area contributed by atoms with Gasteiger partial charge in [0.15, 0.2) is 0 Å². The van der Waals surface area contributed by atoms with Gasteiger partial charge in [0.05, 0.1) is 6.04 Å². The van der Waals surface area contributed by atoms with E-state index >= 15 is 0 Å². The number of hydrogen-bond donors (Lipinski definition) is 0. The van der Waals surface area contributed by atoms with E-state index in [1.807, 2.05) is 44.3 Å². The van der Waals surface area contributed by atoms with Crippen LogP contribution in [-0.4, -0.2) is 22.8 Å². The molecule has 20 heavy (non-hydrogen) atoms. The Morgan fingerprint density at radius 1 is 1.15 bits per heavy atom. The van der Waals surface area contributed by atoms with Crippen molar-refractivity contribution < 1.29 is 4.79 Å². The van der Waals surface area contributed by atoms with E-state index in [-0.39, 0.29) is 11.9 Å². The van der Waals surface area contributed by atoms with Crippen LogP contribution in [0.3, 0.4) is 0 Å². The van der Waals surface area contributed by atoms with Crippen LogP contribution in [0.5, 0.6) is 0 Å². The zero-order valence-electron chi connectivity index (χ0n) is 11.2. The second-order valence-electron chi connectivity index (χ2n) is 4.53. The maximum atomic E-state index is 12.5. The van der Waals surface area contributed by atoms with Gasteiger partial charge in [0.1, 0.15) is 0 Å². The zero-order chi connectivity index (χ0) is 14.7. The summed E-state index contributed by atoms with van der Waals surface area (Å²) in [5.41, 5.74) is 1.71. The van der Waals surface area contributed by atoms with Gasteiger partial charge in [0.2, 0.25) is 0 Å².